The van der Waals surface area contributed by atoms with Crippen molar-refractivity contribution in [2.45, 2.75) is 79.6 Å². The molecule has 3 heterocycles. The minimum Gasteiger partial charge on any atom is -0.322 e. The van der Waals surface area contributed by atoms with Crippen LogP contribution in [0, 0.1) is 36.5 Å². The summed E-state index contributed by atoms with van der Waals surface area (Å²) in [4.78, 5) is 21.4. The molecule has 2 aliphatic carbocycles. The van der Waals surface area contributed by atoms with E-state index >= 15 is 0 Å². The van der Waals surface area contributed by atoms with Crippen LogP contribution in [0.2, 0.25) is 0 Å². The maximum absolute atomic E-state index is 13.7. The van der Waals surface area contributed by atoms with Crippen molar-refractivity contribution in [3.63, 3.8) is 0 Å². The molecule has 5 nitrogen and oxygen atoms in total. The molecule has 0 bridgehead atoms. The molecule has 0 aliphatic heterocycles. The number of hydrogen-bond donors (Lipinski definition) is 1. The molecule has 0 radical (unpaired) electrons. The van der Waals surface area contributed by atoms with E-state index in [2.05, 4.69) is 56.6 Å². The van der Waals surface area contributed by atoms with Crippen LogP contribution >= 0.6 is 22.7 Å². The molecule has 3 aromatic heterocycles. The van der Waals surface area contributed by atoms with E-state index in [9.17, 15) is 10.1 Å². The van der Waals surface area contributed by atoms with E-state index in [0.29, 0.717) is 11.5 Å². The molecule has 1 aromatic carbocycles. The molecule has 0 unspecified atom stereocenters. The van der Waals surface area contributed by atoms with E-state index < -0.39 is 0 Å². The van der Waals surface area contributed by atoms with Gasteiger partial charge in [0.2, 0.25) is 0 Å². The SMILES string of the molecule is Cc1cc(C=Nc2sc3c(c2C(=O)Nc2ccccc2)CC[C@H](C(C)(C)C)C3)c(C)n1-c1sc2c(c1C#N)CCCC2. The average molecular weight is 595 g/mol. The third kappa shape index (κ3) is 5.27. The van der Waals surface area contributed by atoms with Gasteiger partial charge in [0, 0.05) is 38.6 Å². The lowest BCUT2D eigenvalue weighted by molar-refractivity contribution is 0.102. The number of aromatic nitrogens is 1. The van der Waals surface area contributed by atoms with Crippen molar-refractivity contribution < 1.29 is 4.79 Å². The number of benzene rings is 1. The van der Waals surface area contributed by atoms with Gasteiger partial charge in [-0.15, -0.1) is 22.7 Å². The van der Waals surface area contributed by atoms with Gasteiger partial charge >= 0.3 is 0 Å². The number of para-hydroxylation sites is 1. The summed E-state index contributed by atoms with van der Waals surface area (Å²) in [5.41, 5.74) is 8.13. The predicted molar refractivity (Wildman–Crippen MR) is 175 cm³/mol. The number of aryl methyl sites for hydroxylation is 2. The average Bonchev–Trinajstić information content (AvgIpc) is 3.61. The van der Waals surface area contributed by atoms with E-state index in [1.54, 1.807) is 22.7 Å². The lowest BCUT2D eigenvalue weighted by Crippen LogP contribution is -2.27. The predicted octanol–water partition coefficient (Wildman–Crippen LogP) is 9.12. The maximum atomic E-state index is 13.7. The van der Waals surface area contributed by atoms with Gasteiger partial charge in [-0.05, 0) is 99.5 Å². The number of carbonyl (C=O) groups excluding carboxylic acids is 1. The third-order valence-electron chi connectivity index (χ3n) is 8.99. The second kappa shape index (κ2) is 11.3. The molecule has 1 amide bonds. The van der Waals surface area contributed by atoms with E-state index in [-0.39, 0.29) is 11.3 Å². The van der Waals surface area contributed by atoms with Crippen LogP contribution in [0.4, 0.5) is 10.7 Å². The van der Waals surface area contributed by atoms with Gasteiger partial charge in [-0.25, -0.2) is 4.99 Å². The zero-order chi connectivity index (χ0) is 29.6. The summed E-state index contributed by atoms with van der Waals surface area (Å²) in [6, 6.07) is 14.3. The summed E-state index contributed by atoms with van der Waals surface area (Å²) in [5.74, 6) is 0.490. The van der Waals surface area contributed by atoms with E-state index in [1.807, 2.05) is 36.5 Å². The molecule has 216 valence electrons. The van der Waals surface area contributed by atoms with Gasteiger partial charge in [-0.3, -0.25) is 4.79 Å². The fourth-order valence-corrected chi connectivity index (χ4v) is 9.25. The van der Waals surface area contributed by atoms with Crippen LogP contribution in [0.15, 0.2) is 41.4 Å². The minimum absolute atomic E-state index is 0.0895. The van der Waals surface area contributed by atoms with Crippen LogP contribution in [0.25, 0.3) is 5.00 Å². The highest BCUT2D eigenvalue weighted by Gasteiger charge is 2.34. The molecule has 0 fully saturated rings. The first kappa shape index (κ1) is 28.6. The van der Waals surface area contributed by atoms with Crippen LogP contribution in [0.3, 0.4) is 0 Å². The van der Waals surface area contributed by atoms with Gasteiger partial charge in [-0.2, -0.15) is 5.26 Å². The quantitative estimate of drug-likeness (QED) is 0.234. The molecule has 2 aliphatic rings. The third-order valence-corrected chi connectivity index (χ3v) is 11.4. The molecular formula is C35H38N4OS2. The molecule has 1 atom stereocenters. The number of nitrogens with zero attached hydrogens (tertiary/aromatic N) is 3. The number of hydrogen-bond acceptors (Lipinski definition) is 5. The Hall–Kier alpha value is -3.47. The number of amides is 1. The Morgan fingerprint density at radius 1 is 1.07 bits per heavy atom. The zero-order valence-corrected chi connectivity index (χ0v) is 26.8. The number of anilines is 1. The first-order valence-electron chi connectivity index (χ1n) is 14.9. The van der Waals surface area contributed by atoms with Crippen LogP contribution < -0.4 is 5.32 Å². The number of nitrogens with one attached hydrogen (secondary N) is 1. The summed E-state index contributed by atoms with van der Waals surface area (Å²) in [6.07, 6.45) is 9.28. The Balaban J connectivity index is 1.38. The molecule has 0 saturated carbocycles. The second-order valence-electron chi connectivity index (χ2n) is 12.7. The maximum Gasteiger partial charge on any atom is 0.259 e. The molecule has 4 aromatic rings. The Kier molecular flexibility index (Phi) is 7.72. The fraction of sp³-hybridized carbons (Fsp3) is 0.400. The number of thiophene rings is 2. The second-order valence-corrected chi connectivity index (χ2v) is 14.9. The Morgan fingerprint density at radius 3 is 2.57 bits per heavy atom. The Labute approximate surface area is 256 Å². The molecular weight excluding hydrogens is 557 g/mol. The van der Waals surface area contributed by atoms with Crippen molar-refractivity contribution in [3.8, 4) is 11.1 Å². The van der Waals surface area contributed by atoms with E-state index in [4.69, 9.17) is 4.99 Å². The highest BCUT2D eigenvalue weighted by molar-refractivity contribution is 7.16. The van der Waals surface area contributed by atoms with Crippen molar-refractivity contribution in [1.82, 2.24) is 4.57 Å². The topological polar surface area (TPSA) is 70.2 Å². The summed E-state index contributed by atoms with van der Waals surface area (Å²) >= 11 is 3.44. The normalized spacial score (nSPS) is 16.7. The van der Waals surface area contributed by atoms with Crippen molar-refractivity contribution >= 4 is 45.5 Å². The first-order valence-corrected chi connectivity index (χ1v) is 16.6. The number of rotatable bonds is 5. The summed E-state index contributed by atoms with van der Waals surface area (Å²) in [5, 5.41) is 15.0. The summed E-state index contributed by atoms with van der Waals surface area (Å²) < 4.78 is 2.22. The molecule has 0 saturated heterocycles. The van der Waals surface area contributed by atoms with Gasteiger partial charge in [0.05, 0.1) is 11.1 Å². The number of aliphatic imine (C=N–C) groups is 1. The number of carbonyl (C=O) groups is 1. The summed E-state index contributed by atoms with van der Waals surface area (Å²) in [7, 11) is 0. The van der Waals surface area contributed by atoms with Gasteiger partial charge in [0.25, 0.3) is 5.91 Å². The summed E-state index contributed by atoms with van der Waals surface area (Å²) in [6.45, 7) is 11.1. The largest absolute Gasteiger partial charge is 0.322 e. The lowest BCUT2D eigenvalue weighted by atomic mass is 9.72. The van der Waals surface area contributed by atoms with E-state index in [0.717, 1.165) is 82.3 Å². The van der Waals surface area contributed by atoms with Crippen LogP contribution in [0.5, 0.6) is 0 Å². The van der Waals surface area contributed by atoms with Crippen molar-refractivity contribution in [2.24, 2.45) is 16.3 Å². The van der Waals surface area contributed by atoms with E-state index in [1.165, 1.54) is 21.7 Å². The molecule has 1 N–H and O–H groups in total. The Morgan fingerprint density at radius 2 is 1.83 bits per heavy atom. The minimum atomic E-state index is -0.0895. The molecule has 0 spiro atoms. The highest BCUT2D eigenvalue weighted by Crippen LogP contribution is 2.45. The smallest absolute Gasteiger partial charge is 0.259 e. The highest BCUT2D eigenvalue weighted by atomic mass is 32.1. The van der Waals surface area contributed by atoms with Crippen molar-refractivity contribution in [1.29, 1.82) is 5.26 Å². The molecule has 7 heteroatoms. The Bertz CT molecular complexity index is 1720. The molecule has 42 heavy (non-hydrogen) atoms. The lowest BCUT2D eigenvalue weighted by Gasteiger charge is -2.33. The fourth-order valence-electron chi connectivity index (χ4n) is 6.53. The van der Waals surface area contributed by atoms with Gasteiger partial charge < -0.3 is 9.88 Å². The van der Waals surface area contributed by atoms with Crippen LogP contribution in [-0.2, 0) is 25.7 Å². The monoisotopic (exact) mass is 594 g/mol. The van der Waals surface area contributed by atoms with Crippen molar-refractivity contribution in [3.05, 3.63) is 85.4 Å². The van der Waals surface area contributed by atoms with Crippen LogP contribution in [0.1, 0.15) is 93.8 Å². The number of nitriles is 1. The van der Waals surface area contributed by atoms with Crippen LogP contribution in [-0.4, -0.2) is 16.7 Å². The van der Waals surface area contributed by atoms with Crippen molar-refractivity contribution in [2.75, 3.05) is 5.32 Å². The van der Waals surface area contributed by atoms with Gasteiger partial charge in [0.1, 0.15) is 16.1 Å². The van der Waals surface area contributed by atoms with Gasteiger partial charge in [0.15, 0.2) is 0 Å². The van der Waals surface area contributed by atoms with Gasteiger partial charge in [-0.1, -0.05) is 39.0 Å². The first-order chi connectivity index (χ1) is 20.2. The number of fused-ring (bicyclic) bond motifs is 2. The standard InChI is InChI=1S/C35H38N4OS2/c1-21-17-23(22(2)39(21)34-28(19-36)26-13-9-10-14-29(26)42-34)20-37-33-31(32(40)38-25-11-7-6-8-12-25)27-16-15-24(35(3,4)5)18-30(27)41-33/h6-8,11-12,17,20,24H,9-10,13-16,18H2,1-5H3,(H,38,40)/t24-/m0/s1. The molecule has 6 rings (SSSR count). The zero-order valence-electron chi connectivity index (χ0n) is 25.1.